The first-order valence-electron chi connectivity index (χ1n) is 6.09. The molecule has 4 heteroatoms. The van der Waals surface area contributed by atoms with Crippen LogP contribution in [0.5, 0.6) is 0 Å². The lowest BCUT2D eigenvalue weighted by molar-refractivity contribution is 0.0194. The summed E-state index contributed by atoms with van der Waals surface area (Å²) in [4.78, 5) is 3.54. The minimum Gasteiger partial charge on any atom is -0.389 e. The molecule has 0 saturated heterocycles. The number of hydrogen-bond donors (Lipinski definition) is 1. The highest BCUT2D eigenvalue weighted by Gasteiger charge is 2.15. The van der Waals surface area contributed by atoms with Crippen LogP contribution in [0.4, 0.5) is 0 Å². The molecule has 1 aromatic heterocycles. The zero-order valence-electron chi connectivity index (χ0n) is 11.0. The van der Waals surface area contributed by atoms with E-state index < -0.39 is 6.10 Å². The maximum Gasteiger partial charge on any atom is 0.107 e. The first-order valence-corrected chi connectivity index (χ1v) is 6.97. The first-order chi connectivity index (χ1) is 8.63. The number of ether oxygens (including phenoxy) is 1. The predicted octanol–water partition coefficient (Wildman–Crippen LogP) is 1.97. The van der Waals surface area contributed by atoms with Gasteiger partial charge in [-0.3, -0.25) is 4.90 Å². The fraction of sp³-hybridized carbons (Fsp3) is 0.571. The third-order valence-electron chi connectivity index (χ3n) is 2.61. The summed E-state index contributed by atoms with van der Waals surface area (Å²) in [7, 11) is 0. The third-order valence-corrected chi connectivity index (χ3v) is 3.47. The average Bonchev–Trinajstić information content (AvgIpc) is 2.81. The van der Waals surface area contributed by atoms with Crippen LogP contribution in [0.15, 0.2) is 17.5 Å². The Hall–Kier alpha value is -0.860. The summed E-state index contributed by atoms with van der Waals surface area (Å²) in [6.45, 7) is 6.26. The number of nitrogens with zero attached hydrogens (tertiary/aromatic N) is 1. The number of hydrogen-bond acceptors (Lipinski definition) is 4. The number of rotatable bonds is 8. The van der Waals surface area contributed by atoms with Crippen molar-refractivity contribution >= 4 is 11.3 Å². The van der Waals surface area contributed by atoms with Crippen molar-refractivity contribution in [2.24, 2.45) is 0 Å². The minimum absolute atomic E-state index is 0.254. The maximum atomic E-state index is 9.89. The van der Waals surface area contributed by atoms with Crippen molar-refractivity contribution in [2.45, 2.75) is 32.5 Å². The second kappa shape index (κ2) is 8.28. The van der Waals surface area contributed by atoms with Gasteiger partial charge in [-0.05, 0) is 25.3 Å². The van der Waals surface area contributed by atoms with Crippen LogP contribution in [0.2, 0.25) is 0 Å². The fourth-order valence-corrected chi connectivity index (χ4v) is 2.37. The molecule has 1 N–H and O–H groups in total. The van der Waals surface area contributed by atoms with E-state index in [-0.39, 0.29) is 13.2 Å². The van der Waals surface area contributed by atoms with Crippen molar-refractivity contribution in [2.75, 3.05) is 19.8 Å². The molecular formula is C14H21NO2S. The van der Waals surface area contributed by atoms with Crippen LogP contribution in [0.3, 0.4) is 0 Å². The van der Waals surface area contributed by atoms with Gasteiger partial charge in [0.15, 0.2) is 0 Å². The molecule has 0 unspecified atom stereocenters. The largest absolute Gasteiger partial charge is 0.389 e. The van der Waals surface area contributed by atoms with Gasteiger partial charge in [-0.2, -0.15) is 0 Å². The van der Waals surface area contributed by atoms with Crippen LogP contribution in [-0.2, 0) is 11.3 Å². The number of aliphatic hydroxyl groups excluding tert-OH is 1. The van der Waals surface area contributed by atoms with E-state index in [0.29, 0.717) is 12.6 Å². The van der Waals surface area contributed by atoms with Crippen LogP contribution in [0, 0.1) is 12.3 Å². The second-order valence-electron chi connectivity index (χ2n) is 4.48. The first kappa shape index (κ1) is 15.2. The second-order valence-corrected chi connectivity index (χ2v) is 5.51. The summed E-state index contributed by atoms with van der Waals surface area (Å²) >= 11 is 1.74. The van der Waals surface area contributed by atoms with Crippen molar-refractivity contribution in [1.82, 2.24) is 4.90 Å². The highest BCUT2D eigenvalue weighted by molar-refractivity contribution is 7.09. The number of aliphatic hydroxyl groups is 1. The summed E-state index contributed by atoms with van der Waals surface area (Å²) in [5.74, 6) is 2.39. The summed E-state index contributed by atoms with van der Waals surface area (Å²) in [6.07, 6.45) is 4.59. The van der Waals surface area contributed by atoms with Crippen molar-refractivity contribution in [3.63, 3.8) is 0 Å². The van der Waals surface area contributed by atoms with Crippen LogP contribution >= 0.6 is 11.3 Å². The van der Waals surface area contributed by atoms with E-state index >= 15 is 0 Å². The van der Waals surface area contributed by atoms with E-state index in [1.807, 2.05) is 6.07 Å². The van der Waals surface area contributed by atoms with E-state index in [4.69, 9.17) is 11.2 Å². The highest BCUT2D eigenvalue weighted by atomic mass is 32.1. The van der Waals surface area contributed by atoms with E-state index in [1.54, 1.807) is 11.3 Å². The van der Waals surface area contributed by atoms with Gasteiger partial charge in [-0.1, -0.05) is 12.0 Å². The van der Waals surface area contributed by atoms with Crippen LogP contribution < -0.4 is 0 Å². The molecule has 1 heterocycles. The Morgan fingerprint density at radius 1 is 1.56 bits per heavy atom. The SMILES string of the molecule is C#CCOC[C@H](O)CN(Cc1cccs1)C(C)C. The van der Waals surface area contributed by atoms with Crippen LogP contribution in [0.1, 0.15) is 18.7 Å². The van der Waals surface area contributed by atoms with Gasteiger partial charge >= 0.3 is 0 Å². The molecule has 0 fully saturated rings. The molecular weight excluding hydrogens is 246 g/mol. The Labute approximate surface area is 113 Å². The van der Waals surface area contributed by atoms with Crippen molar-refractivity contribution < 1.29 is 9.84 Å². The molecule has 0 aliphatic rings. The molecule has 0 saturated carbocycles. The molecule has 1 aromatic rings. The molecule has 0 bridgehead atoms. The van der Waals surface area contributed by atoms with Gasteiger partial charge in [0.05, 0.1) is 12.7 Å². The van der Waals surface area contributed by atoms with Crippen molar-refractivity contribution in [1.29, 1.82) is 0 Å². The highest BCUT2D eigenvalue weighted by Crippen LogP contribution is 2.14. The minimum atomic E-state index is -0.499. The zero-order chi connectivity index (χ0) is 13.4. The third kappa shape index (κ3) is 5.65. The smallest absolute Gasteiger partial charge is 0.107 e. The standard InChI is InChI=1S/C14H21NO2S/c1-4-7-17-11-13(16)9-15(12(2)3)10-14-6-5-8-18-14/h1,5-6,8,12-13,16H,7,9-11H2,2-3H3/t13-/m1/s1. The number of terminal acetylenes is 1. The van der Waals surface area contributed by atoms with Crippen molar-refractivity contribution in [3.05, 3.63) is 22.4 Å². The molecule has 0 spiro atoms. The summed E-state index contributed by atoms with van der Waals surface area (Å²) in [5.41, 5.74) is 0. The van der Waals surface area contributed by atoms with Gasteiger partial charge in [0, 0.05) is 24.0 Å². The summed E-state index contributed by atoms with van der Waals surface area (Å²) < 4.78 is 5.15. The molecule has 100 valence electrons. The lowest BCUT2D eigenvalue weighted by Gasteiger charge is -2.28. The van der Waals surface area contributed by atoms with Gasteiger partial charge in [-0.15, -0.1) is 17.8 Å². The molecule has 0 radical (unpaired) electrons. The molecule has 1 atom stereocenters. The Morgan fingerprint density at radius 2 is 2.33 bits per heavy atom. The Morgan fingerprint density at radius 3 is 2.89 bits per heavy atom. The Balaban J connectivity index is 2.40. The lowest BCUT2D eigenvalue weighted by atomic mass is 10.2. The van der Waals surface area contributed by atoms with Gasteiger partial charge < -0.3 is 9.84 Å². The number of thiophene rings is 1. The monoisotopic (exact) mass is 267 g/mol. The Kier molecular flexibility index (Phi) is 6.99. The van der Waals surface area contributed by atoms with E-state index in [0.717, 1.165) is 6.54 Å². The van der Waals surface area contributed by atoms with Gasteiger partial charge in [-0.25, -0.2) is 0 Å². The molecule has 0 aromatic carbocycles. The van der Waals surface area contributed by atoms with Crippen LogP contribution in [0.25, 0.3) is 0 Å². The topological polar surface area (TPSA) is 32.7 Å². The molecule has 0 aliphatic carbocycles. The fourth-order valence-electron chi connectivity index (χ4n) is 1.64. The molecule has 0 amide bonds. The van der Waals surface area contributed by atoms with Gasteiger partial charge in [0.2, 0.25) is 0 Å². The molecule has 1 rings (SSSR count). The van der Waals surface area contributed by atoms with E-state index in [2.05, 4.69) is 36.1 Å². The Bertz CT molecular complexity index is 356. The quantitative estimate of drug-likeness (QED) is 0.577. The summed E-state index contributed by atoms with van der Waals surface area (Å²) in [6, 6.07) is 4.54. The predicted molar refractivity (Wildman–Crippen MR) is 75.5 cm³/mol. The van der Waals surface area contributed by atoms with E-state index in [1.165, 1.54) is 4.88 Å². The lowest BCUT2D eigenvalue weighted by Crippen LogP contribution is -2.38. The van der Waals surface area contributed by atoms with Crippen LogP contribution in [-0.4, -0.2) is 41.9 Å². The molecule has 18 heavy (non-hydrogen) atoms. The van der Waals surface area contributed by atoms with Gasteiger partial charge in [0.1, 0.15) is 6.61 Å². The average molecular weight is 267 g/mol. The van der Waals surface area contributed by atoms with Gasteiger partial charge in [0.25, 0.3) is 0 Å². The normalized spacial score (nSPS) is 12.9. The summed E-state index contributed by atoms with van der Waals surface area (Å²) in [5, 5.41) is 12.0. The van der Waals surface area contributed by atoms with Crippen molar-refractivity contribution in [3.8, 4) is 12.3 Å². The molecule has 3 nitrogen and oxygen atoms in total. The maximum absolute atomic E-state index is 9.89. The molecule has 0 aliphatic heterocycles. The van der Waals surface area contributed by atoms with E-state index in [9.17, 15) is 5.11 Å². The zero-order valence-corrected chi connectivity index (χ0v) is 11.8.